The highest BCUT2D eigenvalue weighted by Crippen LogP contribution is 2.28. The van der Waals surface area contributed by atoms with E-state index < -0.39 is 0 Å². The van der Waals surface area contributed by atoms with Crippen molar-refractivity contribution in [3.63, 3.8) is 0 Å². The number of benzene rings is 1. The number of anilines is 2. The molecule has 2 fully saturated rings. The van der Waals surface area contributed by atoms with Gasteiger partial charge in [0.05, 0.1) is 6.04 Å². The van der Waals surface area contributed by atoms with Gasteiger partial charge in [-0.1, -0.05) is 13.0 Å². The lowest BCUT2D eigenvalue weighted by Crippen LogP contribution is -2.49. The average molecular weight is 459 g/mol. The van der Waals surface area contributed by atoms with Crippen molar-refractivity contribution in [3.05, 3.63) is 52.7 Å². The Labute approximate surface area is 195 Å². The summed E-state index contributed by atoms with van der Waals surface area (Å²) in [6.07, 6.45) is 2.40. The van der Waals surface area contributed by atoms with E-state index >= 15 is 0 Å². The summed E-state index contributed by atoms with van der Waals surface area (Å²) in [7, 11) is 0. The number of carbonyl (C=O) groups excluding carboxylic acids is 2. The van der Waals surface area contributed by atoms with Crippen LogP contribution < -0.4 is 9.80 Å². The maximum Gasteiger partial charge on any atom is 0.414 e. The number of ether oxygens (including phenoxy) is 1. The van der Waals surface area contributed by atoms with Crippen LogP contribution in [0, 0.1) is 20.8 Å². The van der Waals surface area contributed by atoms with E-state index in [9.17, 15) is 9.59 Å². The third-order valence-electron chi connectivity index (χ3n) is 6.20. The number of carbonyl (C=O) groups is 2. The van der Waals surface area contributed by atoms with E-state index in [1.165, 1.54) is 0 Å². The van der Waals surface area contributed by atoms with Gasteiger partial charge in [-0.05, 0) is 62.1 Å². The predicted octanol–water partition coefficient (Wildman–Crippen LogP) is 4.13. The molecule has 1 aromatic carbocycles. The van der Waals surface area contributed by atoms with E-state index in [-0.39, 0.29) is 30.4 Å². The zero-order chi connectivity index (χ0) is 22.1. The normalized spacial score (nSPS) is 18.4. The van der Waals surface area contributed by atoms with Crippen molar-refractivity contribution in [1.29, 1.82) is 0 Å². The Bertz CT molecular complexity index is 1000. The second-order valence-electron chi connectivity index (χ2n) is 8.44. The molecule has 0 bridgehead atoms. The highest BCUT2D eigenvalue weighted by Gasteiger charge is 2.33. The first kappa shape index (κ1) is 23.9. The van der Waals surface area contributed by atoms with E-state index in [2.05, 4.69) is 22.9 Å². The summed E-state index contributed by atoms with van der Waals surface area (Å²) in [6, 6.07) is 7.79. The van der Waals surface area contributed by atoms with Crippen LogP contribution in [0.25, 0.3) is 0 Å². The van der Waals surface area contributed by atoms with Gasteiger partial charge in [0.2, 0.25) is 0 Å². The van der Waals surface area contributed by atoms with Gasteiger partial charge in [0, 0.05) is 43.6 Å². The molecule has 2 aliphatic rings. The zero-order valence-electron chi connectivity index (χ0n) is 19.1. The fraction of sp³-hybridized carbons (Fsp3) is 0.458. The van der Waals surface area contributed by atoms with Crippen molar-refractivity contribution in [2.45, 2.75) is 40.2 Å². The molecule has 172 valence electrons. The number of pyridine rings is 1. The van der Waals surface area contributed by atoms with Gasteiger partial charge in [-0.2, -0.15) is 0 Å². The number of hydrogen-bond donors (Lipinski definition) is 0. The number of nitrogens with zero attached hydrogens (tertiary/aromatic N) is 4. The fourth-order valence-electron chi connectivity index (χ4n) is 4.45. The predicted molar refractivity (Wildman–Crippen MR) is 128 cm³/mol. The summed E-state index contributed by atoms with van der Waals surface area (Å²) < 4.78 is 5.20. The Morgan fingerprint density at radius 1 is 1.09 bits per heavy atom. The Hall–Kier alpha value is -2.80. The van der Waals surface area contributed by atoms with Crippen LogP contribution in [0.5, 0.6) is 0 Å². The molecule has 8 heteroatoms. The number of aromatic nitrogens is 1. The lowest BCUT2D eigenvalue weighted by Gasteiger charge is -2.36. The van der Waals surface area contributed by atoms with Crippen LogP contribution >= 0.6 is 12.4 Å². The third-order valence-corrected chi connectivity index (χ3v) is 6.20. The van der Waals surface area contributed by atoms with Crippen LogP contribution in [-0.4, -0.2) is 60.7 Å². The van der Waals surface area contributed by atoms with E-state index in [1.54, 1.807) is 4.90 Å². The maximum atomic E-state index is 13.2. The lowest BCUT2D eigenvalue weighted by molar-refractivity contribution is 0.0746. The van der Waals surface area contributed by atoms with Gasteiger partial charge in [0.15, 0.2) is 0 Å². The van der Waals surface area contributed by atoms with Crippen LogP contribution in [0.15, 0.2) is 30.5 Å². The Balaban J connectivity index is 0.00000289. The number of rotatable bonds is 4. The number of hydrogen-bond acceptors (Lipinski definition) is 5. The SMILES string of the molecule is CC[C@@H]1COC(=O)N1c1ccc(C(=O)N2CCN(c3ncc(C)cc3C)CC2)c(C)c1.Cl. The molecule has 4 rings (SSSR count). The Morgan fingerprint density at radius 2 is 1.81 bits per heavy atom. The molecule has 2 aliphatic heterocycles. The molecule has 2 aromatic rings. The Morgan fingerprint density at radius 3 is 2.44 bits per heavy atom. The quantitative estimate of drug-likeness (QED) is 0.689. The van der Waals surface area contributed by atoms with Crippen molar-refractivity contribution in [3.8, 4) is 0 Å². The van der Waals surface area contributed by atoms with E-state index in [1.807, 2.05) is 50.1 Å². The summed E-state index contributed by atoms with van der Waals surface area (Å²) in [5.74, 6) is 1.04. The maximum absolute atomic E-state index is 13.2. The summed E-state index contributed by atoms with van der Waals surface area (Å²) in [5, 5.41) is 0. The van der Waals surface area contributed by atoms with Gasteiger partial charge < -0.3 is 14.5 Å². The molecule has 3 heterocycles. The molecular weight excluding hydrogens is 428 g/mol. The molecule has 0 unspecified atom stereocenters. The van der Waals surface area contributed by atoms with Gasteiger partial charge in [0.1, 0.15) is 12.4 Å². The summed E-state index contributed by atoms with van der Waals surface area (Å²) >= 11 is 0. The van der Waals surface area contributed by atoms with E-state index in [0.717, 1.165) is 47.7 Å². The van der Waals surface area contributed by atoms with Crippen LogP contribution in [0.4, 0.5) is 16.3 Å². The molecule has 1 atom stereocenters. The minimum atomic E-state index is -0.318. The molecular formula is C24H31ClN4O3. The number of aryl methyl sites for hydroxylation is 3. The first-order chi connectivity index (χ1) is 14.9. The summed E-state index contributed by atoms with van der Waals surface area (Å²) in [6.45, 7) is 11.3. The molecule has 32 heavy (non-hydrogen) atoms. The number of cyclic esters (lactones) is 1. The summed E-state index contributed by atoms with van der Waals surface area (Å²) in [4.78, 5) is 35.7. The smallest absolute Gasteiger partial charge is 0.414 e. The minimum absolute atomic E-state index is 0. The highest BCUT2D eigenvalue weighted by atomic mass is 35.5. The Kier molecular flexibility index (Phi) is 7.29. The van der Waals surface area contributed by atoms with Gasteiger partial charge in [-0.25, -0.2) is 9.78 Å². The minimum Gasteiger partial charge on any atom is -0.447 e. The first-order valence-electron chi connectivity index (χ1n) is 10.9. The van der Waals surface area contributed by atoms with Gasteiger partial charge >= 0.3 is 6.09 Å². The van der Waals surface area contributed by atoms with Crippen molar-refractivity contribution in [2.75, 3.05) is 42.6 Å². The third kappa shape index (κ3) is 4.53. The fourth-order valence-corrected chi connectivity index (χ4v) is 4.45. The molecule has 0 saturated carbocycles. The molecule has 0 aliphatic carbocycles. The van der Waals surface area contributed by atoms with Crippen molar-refractivity contribution in [1.82, 2.24) is 9.88 Å². The molecule has 0 spiro atoms. The second-order valence-corrected chi connectivity index (χ2v) is 8.44. The largest absolute Gasteiger partial charge is 0.447 e. The van der Waals surface area contributed by atoms with Gasteiger partial charge in [-0.3, -0.25) is 9.69 Å². The first-order valence-corrected chi connectivity index (χ1v) is 10.9. The topological polar surface area (TPSA) is 66.0 Å². The number of piperazine rings is 1. The standard InChI is InChI=1S/C24H30N4O3.ClH/c1-5-19-15-31-24(30)28(19)20-6-7-21(17(3)13-20)23(29)27-10-8-26(9-11-27)22-18(4)12-16(2)14-25-22;/h6-7,12-14,19H,5,8-11,15H2,1-4H3;1H/t19-;/m1./s1. The second kappa shape index (κ2) is 9.77. The van der Waals surface area contributed by atoms with Crippen LogP contribution in [0.2, 0.25) is 0 Å². The van der Waals surface area contributed by atoms with Crippen molar-refractivity contribution < 1.29 is 14.3 Å². The average Bonchev–Trinajstić information content (AvgIpc) is 3.14. The highest BCUT2D eigenvalue weighted by molar-refractivity contribution is 5.97. The monoisotopic (exact) mass is 458 g/mol. The zero-order valence-corrected chi connectivity index (χ0v) is 19.9. The van der Waals surface area contributed by atoms with Gasteiger partial charge in [0.25, 0.3) is 5.91 Å². The molecule has 2 amide bonds. The molecule has 0 radical (unpaired) electrons. The van der Waals surface area contributed by atoms with E-state index in [4.69, 9.17) is 4.74 Å². The number of halogens is 1. The van der Waals surface area contributed by atoms with Gasteiger partial charge in [-0.15, -0.1) is 12.4 Å². The van der Waals surface area contributed by atoms with Crippen LogP contribution in [0.3, 0.4) is 0 Å². The molecule has 2 saturated heterocycles. The van der Waals surface area contributed by atoms with Crippen molar-refractivity contribution >= 4 is 35.9 Å². The number of amides is 2. The summed E-state index contributed by atoms with van der Waals surface area (Å²) in [5.41, 5.74) is 4.66. The molecule has 1 aromatic heterocycles. The lowest BCUT2D eigenvalue weighted by atomic mass is 10.0. The van der Waals surface area contributed by atoms with E-state index in [0.29, 0.717) is 25.3 Å². The van der Waals surface area contributed by atoms with Crippen molar-refractivity contribution in [2.24, 2.45) is 0 Å². The molecule has 0 N–H and O–H groups in total. The molecule has 7 nitrogen and oxygen atoms in total. The van der Waals surface area contributed by atoms with Crippen LogP contribution in [0.1, 0.15) is 40.4 Å². The van der Waals surface area contributed by atoms with Crippen LogP contribution in [-0.2, 0) is 4.74 Å².